The van der Waals surface area contributed by atoms with Gasteiger partial charge in [-0.05, 0) is 6.07 Å². The van der Waals surface area contributed by atoms with E-state index in [1.54, 1.807) is 13.0 Å². The molecule has 18 heavy (non-hydrogen) atoms. The summed E-state index contributed by atoms with van der Waals surface area (Å²) in [5.41, 5.74) is 6.08. The maximum absolute atomic E-state index is 13.6. The van der Waals surface area contributed by atoms with E-state index in [1.165, 1.54) is 12.1 Å². The van der Waals surface area contributed by atoms with Gasteiger partial charge in [-0.25, -0.2) is 14.4 Å². The third-order valence-electron chi connectivity index (χ3n) is 2.69. The van der Waals surface area contributed by atoms with Gasteiger partial charge in [-0.2, -0.15) is 0 Å². The summed E-state index contributed by atoms with van der Waals surface area (Å²) in [5.74, 6) is -2.10. The van der Waals surface area contributed by atoms with Crippen molar-refractivity contribution in [1.29, 1.82) is 0 Å². The molecule has 0 aliphatic carbocycles. The zero-order valence-electron chi connectivity index (χ0n) is 9.72. The van der Waals surface area contributed by atoms with Gasteiger partial charge in [0.1, 0.15) is 11.3 Å². The predicted molar refractivity (Wildman–Crippen MR) is 64.4 cm³/mol. The molecule has 1 aromatic heterocycles. The molecule has 2 aromatic rings. The van der Waals surface area contributed by atoms with Crippen molar-refractivity contribution >= 4 is 22.8 Å². The van der Waals surface area contributed by atoms with Crippen molar-refractivity contribution in [2.45, 2.75) is 13.3 Å². The molecule has 6 heteroatoms. The highest BCUT2D eigenvalue weighted by atomic mass is 19.1. The van der Waals surface area contributed by atoms with Crippen LogP contribution >= 0.6 is 0 Å². The highest BCUT2D eigenvalue weighted by molar-refractivity contribution is 5.83. The molecule has 1 atom stereocenters. The summed E-state index contributed by atoms with van der Waals surface area (Å²) in [6.07, 6.45) is 0.183. The second kappa shape index (κ2) is 4.56. The number of carboxylic acid groups (broad SMARTS) is 1. The number of hydrogen-bond donors (Lipinski definition) is 2. The van der Waals surface area contributed by atoms with Gasteiger partial charge in [0.2, 0.25) is 5.95 Å². The van der Waals surface area contributed by atoms with E-state index in [0.717, 1.165) is 0 Å². The number of carboxylic acids is 1. The smallest absolute Gasteiger partial charge is 0.306 e. The average molecular weight is 249 g/mol. The van der Waals surface area contributed by atoms with Crippen LogP contribution in [0.5, 0.6) is 0 Å². The van der Waals surface area contributed by atoms with Gasteiger partial charge in [0, 0.05) is 11.8 Å². The lowest BCUT2D eigenvalue weighted by atomic mass is 10.0. The summed E-state index contributed by atoms with van der Waals surface area (Å²) in [5, 5.41) is 9.39. The quantitative estimate of drug-likeness (QED) is 0.862. The number of benzene rings is 1. The summed E-state index contributed by atoms with van der Waals surface area (Å²) in [6, 6.07) is 4.47. The average Bonchev–Trinajstić information content (AvgIpc) is 2.30. The van der Waals surface area contributed by atoms with Crippen LogP contribution in [0.3, 0.4) is 0 Å². The van der Waals surface area contributed by atoms with Gasteiger partial charge in [-0.3, -0.25) is 4.79 Å². The van der Waals surface area contributed by atoms with Crippen molar-refractivity contribution in [3.8, 4) is 0 Å². The molecular weight excluding hydrogens is 237 g/mol. The van der Waals surface area contributed by atoms with E-state index < -0.39 is 17.7 Å². The number of para-hydroxylation sites is 1. The number of aliphatic carboxylic acids is 1. The molecule has 5 nitrogen and oxygen atoms in total. The van der Waals surface area contributed by atoms with Crippen molar-refractivity contribution in [1.82, 2.24) is 9.97 Å². The van der Waals surface area contributed by atoms with Crippen LogP contribution in [0.1, 0.15) is 12.6 Å². The molecule has 0 aliphatic heterocycles. The summed E-state index contributed by atoms with van der Waals surface area (Å²) in [7, 11) is 0. The summed E-state index contributed by atoms with van der Waals surface area (Å²) >= 11 is 0. The fraction of sp³-hybridized carbons (Fsp3) is 0.250. The van der Waals surface area contributed by atoms with Crippen molar-refractivity contribution in [3.63, 3.8) is 0 Å². The summed E-state index contributed by atoms with van der Waals surface area (Å²) < 4.78 is 13.6. The van der Waals surface area contributed by atoms with Crippen LogP contribution in [0, 0.1) is 11.7 Å². The molecule has 1 unspecified atom stereocenters. The Balaban J connectivity index is 2.56. The third kappa shape index (κ3) is 2.22. The minimum atomic E-state index is -0.934. The molecule has 3 N–H and O–H groups in total. The van der Waals surface area contributed by atoms with E-state index >= 15 is 0 Å². The maximum Gasteiger partial charge on any atom is 0.306 e. The molecule has 0 amide bonds. The summed E-state index contributed by atoms with van der Waals surface area (Å²) in [4.78, 5) is 18.7. The second-order valence-electron chi connectivity index (χ2n) is 4.11. The number of nitrogen functional groups attached to an aromatic ring is 1. The Hall–Kier alpha value is -2.24. The Bertz CT molecular complexity index is 616. The second-order valence-corrected chi connectivity index (χ2v) is 4.11. The number of aromatic nitrogens is 2. The largest absolute Gasteiger partial charge is 0.481 e. The Labute approximate surface area is 102 Å². The van der Waals surface area contributed by atoms with Crippen LogP contribution in [0.15, 0.2) is 18.2 Å². The lowest BCUT2D eigenvalue weighted by molar-refractivity contribution is -0.141. The highest BCUT2D eigenvalue weighted by Crippen LogP contribution is 2.21. The van der Waals surface area contributed by atoms with Crippen LogP contribution in [0.4, 0.5) is 10.3 Å². The fourth-order valence-electron chi connectivity index (χ4n) is 1.73. The van der Waals surface area contributed by atoms with Crippen LogP contribution < -0.4 is 5.73 Å². The van der Waals surface area contributed by atoms with E-state index in [9.17, 15) is 9.18 Å². The van der Waals surface area contributed by atoms with Crippen LogP contribution in [-0.4, -0.2) is 21.0 Å². The van der Waals surface area contributed by atoms with Crippen LogP contribution in [0.25, 0.3) is 10.9 Å². The lowest BCUT2D eigenvalue weighted by Gasteiger charge is -2.09. The number of nitrogens with two attached hydrogens (primary N) is 1. The summed E-state index contributed by atoms with van der Waals surface area (Å²) in [6.45, 7) is 1.56. The molecule has 0 saturated heterocycles. The first-order chi connectivity index (χ1) is 8.49. The first kappa shape index (κ1) is 12.2. The van der Waals surface area contributed by atoms with E-state index in [0.29, 0.717) is 11.1 Å². The molecule has 1 heterocycles. The molecule has 0 saturated carbocycles. The van der Waals surface area contributed by atoms with Gasteiger partial charge in [0.15, 0.2) is 0 Å². The SMILES string of the molecule is CC(Cc1nc(N)nc2c(F)cccc12)C(=O)O. The Morgan fingerprint density at radius 3 is 2.89 bits per heavy atom. The van der Waals surface area contributed by atoms with Gasteiger partial charge in [0.25, 0.3) is 0 Å². The van der Waals surface area contributed by atoms with E-state index in [4.69, 9.17) is 10.8 Å². The van der Waals surface area contributed by atoms with E-state index in [-0.39, 0.29) is 17.9 Å². The number of fused-ring (bicyclic) bond motifs is 1. The number of rotatable bonds is 3. The first-order valence-corrected chi connectivity index (χ1v) is 5.42. The number of hydrogen-bond acceptors (Lipinski definition) is 4. The third-order valence-corrected chi connectivity index (χ3v) is 2.69. The minimum absolute atomic E-state index is 0.0554. The Morgan fingerprint density at radius 2 is 2.22 bits per heavy atom. The molecule has 1 aromatic carbocycles. The van der Waals surface area contributed by atoms with Crippen molar-refractivity contribution < 1.29 is 14.3 Å². The number of halogens is 1. The van der Waals surface area contributed by atoms with Gasteiger partial charge in [0.05, 0.1) is 11.6 Å². The molecule has 0 fully saturated rings. The zero-order chi connectivity index (χ0) is 13.3. The normalized spacial score (nSPS) is 12.6. The highest BCUT2D eigenvalue weighted by Gasteiger charge is 2.16. The van der Waals surface area contributed by atoms with Gasteiger partial charge in [-0.15, -0.1) is 0 Å². The minimum Gasteiger partial charge on any atom is -0.481 e. The van der Waals surface area contributed by atoms with Gasteiger partial charge in [-0.1, -0.05) is 19.1 Å². The monoisotopic (exact) mass is 249 g/mol. The Kier molecular flexibility index (Phi) is 3.10. The van der Waals surface area contributed by atoms with Gasteiger partial charge < -0.3 is 10.8 Å². The number of carbonyl (C=O) groups is 1. The van der Waals surface area contributed by atoms with Crippen LogP contribution in [-0.2, 0) is 11.2 Å². The fourth-order valence-corrected chi connectivity index (χ4v) is 1.73. The molecule has 0 aliphatic rings. The molecular formula is C12H12FN3O2. The van der Waals surface area contributed by atoms with Crippen molar-refractivity contribution in [2.24, 2.45) is 5.92 Å². The van der Waals surface area contributed by atoms with E-state index in [2.05, 4.69) is 9.97 Å². The maximum atomic E-state index is 13.6. The van der Waals surface area contributed by atoms with Gasteiger partial charge >= 0.3 is 5.97 Å². The molecule has 0 radical (unpaired) electrons. The molecule has 0 bridgehead atoms. The molecule has 2 rings (SSSR count). The molecule has 94 valence electrons. The predicted octanol–water partition coefficient (Wildman–Crippen LogP) is 1.61. The zero-order valence-corrected chi connectivity index (χ0v) is 9.72. The van der Waals surface area contributed by atoms with Crippen molar-refractivity contribution in [2.75, 3.05) is 5.73 Å². The van der Waals surface area contributed by atoms with Crippen molar-refractivity contribution in [3.05, 3.63) is 29.7 Å². The number of anilines is 1. The Morgan fingerprint density at radius 1 is 1.50 bits per heavy atom. The number of nitrogens with zero attached hydrogens (tertiary/aromatic N) is 2. The lowest BCUT2D eigenvalue weighted by Crippen LogP contribution is -2.14. The molecule has 0 spiro atoms. The topological polar surface area (TPSA) is 89.1 Å². The first-order valence-electron chi connectivity index (χ1n) is 5.42. The standard InChI is InChI=1S/C12H12FN3O2/c1-6(11(17)18)5-9-7-3-2-4-8(13)10(7)16-12(14)15-9/h2-4,6H,5H2,1H3,(H,17,18)(H2,14,15,16). The van der Waals surface area contributed by atoms with Crippen LogP contribution in [0.2, 0.25) is 0 Å². The van der Waals surface area contributed by atoms with E-state index in [1.807, 2.05) is 0 Å².